The Morgan fingerprint density at radius 1 is 1.55 bits per heavy atom. The van der Waals surface area contributed by atoms with Crippen LogP contribution in [0, 0.1) is 0 Å². The average molecular weight is 158 g/mol. The summed E-state index contributed by atoms with van der Waals surface area (Å²) in [6.07, 6.45) is 2.97. The van der Waals surface area contributed by atoms with Crippen molar-refractivity contribution in [3.05, 3.63) is 12.2 Å². The van der Waals surface area contributed by atoms with E-state index in [1.54, 1.807) is 0 Å². The average Bonchev–Trinajstić information content (AvgIpc) is 2.00. The molecule has 0 radical (unpaired) electrons. The molecule has 0 saturated heterocycles. The molecular weight excluding hydrogens is 140 g/mol. The summed E-state index contributed by atoms with van der Waals surface area (Å²) in [5.74, 6) is 0. The van der Waals surface area contributed by atoms with Crippen LogP contribution in [0.5, 0.6) is 0 Å². The molecule has 66 valence electrons. The van der Waals surface area contributed by atoms with E-state index in [1.807, 2.05) is 0 Å². The summed E-state index contributed by atoms with van der Waals surface area (Å²) in [5.41, 5.74) is 0.848. The van der Waals surface area contributed by atoms with Gasteiger partial charge in [-0.3, -0.25) is 0 Å². The standard InChI is InChI=1S/C9H18O2/c1-3-4-5-8(2)9(11)6-7-10/h9-11H,2-7H2,1H3. The van der Waals surface area contributed by atoms with Crippen molar-refractivity contribution in [2.45, 2.75) is 38.7 Å². The summed E-state index contributed by atoms with van der Waals surface area (Å²) < 4.78 is 0. The number of unbranched alkanes of at least 4 members (excludes halogenated alkanes) is 1. The zero-order chi connectivity index (χ0) is 8.69. The van der Waals surface area contributed by atoms with E-state index in [-0.39, 0.29) is 6.61 Å². The Labute approximate surface area is 68.6 Å². The largest absolute Gasteiger partial charge is 0.396 e. The molecule has 1 unspecified atom stereocenters. The molecule has 0 aromatic rings. The third-order valence-electron chi connectivity index (χ3n) is 1.73. The first kappa shape index (κ1) is 10.7. The van der Waals surface area contributed by atoms with Gasteiger partial charge in [0.25, 0.3) is 0 Å². The third kappa shape index (κ3) is 4.99. The lowest BCUT2D eigenvalue weighted by Gasteiger charge is -2.11. The van der Waals surface area contributed by atoms with E-state index < -0.39 is 6.10 Å². The monoisotopic (exact) mass is 158 g/mol. The predicted octanol–water partition coefficient (Wildman–Crippen LogP) is 1.48. The van der Waals surface area contributed by atoms with Crippen LogP contribution in [-0.4, -0.2) is 22.9 Å². The van der Waals surface area contributed by atoms with Crippen LogP contribution in [0.15, 0.2) is 12.2 Å². The van der Waals surface area contributed by atoms with Crippen molar-refractivity contribution < 1.29 is 10.2 Å². The Balaban J connectivity index is 3.47. The van der Waals surface area contributed by atoms with Crippen LogP contribution in [0.2, 0.25) is 0 Å². The molecular formula is C9H18O2. The van der Waals surface area contributed by atoms with E-state index in [4.69, 9.17) is 5.11 Å². The molecule has 0 aliphatic carbocycles. The van der Waals surface area contributed by atoms with Crippen molar-refractivity contribution >= 4 is 0 Å². The molecule has 0 aromatic carbocycles. The number of rotatable bonds is 6. The Hall–Kier alpha value is -0.340. The van der Waals surface area contributed by atoms with Gasteiger partial charge >= 0.3 is 0 Å². The molecule has 0 rings (SSSR count). The lowest BCUT2D eigenvalue weighted by atomic mass is 10.0. The van der Waals surface area contributed by atoms with Gasteiger partial charge in [-0.2, -0.15) is 0 Å². The van der Waals surface area contributed by atoms with E-state index in [2.05, 4.69) is 13.5 Å². The molecule has 0 fully saturated rings. The van der Waals surface area contributed by atoms with Crippen molar-refractivity contribution in [2.24, 2.45) is 0 Å². The SMILES string of the molecule is C=C(CCCC)C(O)CCO. The van der Waals surface area contributed by atoms with Gasteiger partial charge in [0, 0.05) is 13.0 Å². The van der Waals surface area contributed by atoms with E-state index in [0.29, 0.717) is 6.42 Å². The van der Waals surface area contributed by atoms with Crippen molar-refractivity contribution in [3.8, 4) is 0 Å². The first-order valence-corrected chi connectivity index (χ1v) is 4.19. The van der Waals surface area contributed by atoms with Gasteiger partial charge in [-0.1, -0.05) is 19.9 Å². The first-order chi connectivity index (χ1) is 5.22. The summed E-state index contributed by atoms with van der Waals surface area (Å²) in [6.45, 7) is 5.89. The van der Waals surface area contributed by atoms with Gasteiger partial charge in [0.2, 0.25) is 0 Å². The highest BCUT2D eigenvalue weighted by molar-refractivity contribution is 5.00. The van der Waals surface area contributed by atoms with Crippen LogP contribution in [0.4, 0.5) is 0 Å². The fraction of sp³-hybridized carbons (Fsp3) is 0.778. The van der Waals surface area contributed by atoms with Gasteiger partial charge in [-0.25, -0.2) is 0 Å². The second kappa shape index (κ2) is 6.38. The first-order valence-electron chi connectivity index (χ1n) is 4.19. The van der Waals surface area contributed by atoms with Crippen molar-refractivity contribution in [2.75, 3.05) is 6.61 Å². The Kier molecular flexibility index (Phi) is 6.18. The van der Waals surface area contributed by atoms with Crippen LogP contribution in [0.1, 0.15) is 32.6 Å². The minimum Gasteiger partial charge on any atom is -0.396 e. The highest BCUT2D eigenvalue weighted by Crippen LogP contribution is 2.11. The molecule has 0 heterocycles. The van der Waals surface area contributed by atoms with E-state index in [1.165, 1.54) is 0 Å². The number of aliphatic hydroxyl groups is 2. The Morgan fingerprint density at radius 2 is 2.18 bits per heavy atom. The van der Waals surface area contributed by atoms with Gasteiger partial charge in [-0.15, -0.1) is 0 Å². The molecule has 0 amide bonds. The van der Waals surface area contributed by atoms with Crippen LogP contribution in [-0.2, 0) is 0 Å². The molecule has 0 saturated carbocycles. The maximum absolute atomic E-state index is 9.28. The summed E-state index contributed by atoms with van der Waals surface area (Å²) >= 11 is 0. The summed E-state index contributed by atoms with van der Waals surface area (Å²) in [6, 6.07) is 0. The topological polar surface area (TPSA) is 40.5 Å². The molecule has 2 nitrogen and oxygen atoms in total. The van der Waals surface area contributed by atoms with Crippen LogP contribution in [0.3, 0.4) is 0 Å². The van der Waals surface area contributed by atoms with Gasteiger partial charge in [0.15, 0.2) is 0 Å². The highest BCUT2D eigenvalue weighted by Gasteiger charge is 2.06. The van der Waals surface area contributed by atoms with Crippen LogP contribution in [0.25, 0.3) is 0 Å². The summed E-state index contributed by atoms with van der Waals surface area (Å²) in [7, 11) is 0. The van der Waals surface area contributed by atoms with Crippen molar-refractivity contribution in [1.82, 2.24) is 0 Å². The molecule has 1 atom stereocenters. The number of hydrogen-bond donors (Lipinski definition) is 2. The molecule has 0 aromatic heterocycles. The number of aliphatic hydroxyl groups excluding tert-OH is 2. The van der Waals surface area contributed by atoms with E-state index in [0.717, 1.165) is 24.8 Å². The van der Waals surface area contributed by atoms with Gasteiger partial charge < -0.3 is 10.2 Å². The van der Waals surface area contributed by atoms with Crippen molar-refractivity contribution in [1.29, 1.82) is 0 Å². The Bertz CT molecular complexity index is 110. The highest BCUT2D eigenvalue weighted by atomic mass is 16.3. The smallest absolute Gasteiger partial charge is 0.0769 e. The second-order valence-corrected chi connectivity index (χ2v) is 2.79. The maximum Gasteiger partial charge on any atom is 0.0769 e. The third-order valence-corrected chi connectivity index (χ3v) is 1.73. The normalized spacial score (nSPS) is 13.0. The summed E-state index contributed by atoms with van der Waals surface area (Å²) in [5, 5.41) is 17.8. The van der Waals surface area contributed by atoms with Crippen LogP contribution < -0.4 is 0 Å². The molecule has 0 bridgehead atoms. The lowest BCUT2D eigenvalue weighted by molar-refractivity contribution is 0.158. The minimum absolute atomic E-state index is 0.0340. The van der Waals surface area contributed by atoms with Gasteiger partial charge in [-0.05, 0) is 18.4 Å². The zero-order valence-electron chi connectivity index (χ0n) is 7.21. The number of hydrogen-bond acceptors (Lipinski definition) is 2. The molecule has 2 heteroatoms. The van der Waals surface area contributed by atoms with E-state index in [9.17, 15) is 5.11 Å². The molecule has 11 heavy (non-hydrogen) atoms. The van der Waals surface area contributed by atoms with Gasteiger partial charge in [0.05, 0.1) is 6.10 Å². The molecule has 2 N–H and O–H groups in total. The molecule has 0 spiro atoms. The van der Waals surface area contributed by atoms with Crippen molar-refractivity contribution in [3.63, 3.8) is 0 Å². The molecule has 0 aliphatic rings. The predicted molar refractivity (Wildman–Crippen MR) is 46.4 cm³/mol. The minimum atomic E-state index is -0.508. The Morgan fingerprint density at radius 3 is 2.64 bits per heavy atom. The van der Waals surface area contributed by atoms with E-state index >= 15 is 0 Å². The second-order valence-electron chi connectivity index (χ2n) is 2.79. The van der Waals surface area contributed by atoms with Gasteiger partial charge in [0.1, 0.15) is 0 Å². The fourth-order valence-electron chi connectivity index (χ4n) is 0.897. The summed E-state index contributed by atoms with van der Waals surface area (Å²) in [4.78, 5) is 0. The zero-order valence-corrected chi connectivity index (χ0v) is 7.21. The quantitative estimate of drug-likeness (QED) is 0.575. The maximum atomic E-state index is 9.28. The lowest BCUT2D eigenvalue weighted by Crippen LogP contribution is -2.11. The molecule has 0 aliphatic heterocycles. The van der Waals surface area contributed by atoms with Crippen LogP contribution >= 0.6 is 0 Å². The fourth-order valence-corrected chi connectivity index (χ4v) is 0.897.